The van der Waals surface area contributed by atoms with Crippen molar-refractivity contribution in [1.82, 2.24) is 0 Å². The molecule has 2 heteroatoms. The van der Waals surface area contributed by atoms with Crippen LogP contribution in [0.3, 0.4) is 0 Å². The molecule has 0 aromatic heterocycles. The average Bonchev–Trinajstić information content (AvgIpc) is 2.33. The van der Waals surface area contributed by atoms with Crippen LogP contribution in [0.1, 0.15) is 26.2 Å². The smallest absolute Gasteiger partial charge is 0.160 e. The monoisotopic (exact) mass is 215 g/mol. The van der Waals surface area contributed by atoms with Crippen molar-refractivity contribution in [3.63, 3.8) is 0 Å². The Morgan fingerprint density at radius 2 is 1.81 bits per heavy atom. The number of carbonyl (C=O) groups excluding carboxylic acids is 1. The summed E-state index contributed by atoms with van der Waals surface area (Å²) in [5, 5.41) is 0. The SMILES string of the molecule is CC1=C(N(C)c2ccccc2)CCCC1=O. The topological polar surface area (TPSA) is 20.3 Å². The van der Waals surface area contributed by atoms with E-state index in [2.05, 4.69) is 17.0 Å². The lowest BCUT2D eigenvalue weighted by Gasteiger charge is -2.27. The Morgan fingerprint density at radius 3 is 2.50 bits per heavy atom. The number of hydrogen-bond acceptors (Lipinski definition) is 2. The van der Waals surface area contributed by atoms with Gasteiger partial charge in [0.15, 0.2) is 5.78 Å². The van der Waals surface area contributed by atoms with Gasteiger partial charge in [-0.1, -0.05) is 18.2 Å². The van der Waals surface area contributed by atoms with Gasteiger partial charge in [-0.3, -0.25) is 4.79 Å². The summed E-state index contributed by atoms with van der Waals surface area (Å²) in [7, 11) is 2.03. The van der Waals surface area contributed by atoms with Crippen molar-refractivity contribution in [3.8, 4) is 0 Å². The number of nitrogens with zero attached hydrogens (tertiary/aromatic N) is 1. The summed E-state index contributed by atoms with van der Waals surface area (Å²) >= 11 is 0. The van der Waals surface area contributed by atoms with Gasteiger partial charge in [-0.2, -0.15) is 0 Å². The quantitative estimate of drug-likeness (QED) is 0.755. The fourth-order valence-electron chi connectivity index (χ4n) is 2.18. The summed E-state index contributed by atoms with van der Waals surface area (Å²) in [4.78, 5) is 13.8. The van der Waals surface area contributed by atoms with Crippen LogP contribution >= 0.6 is 0 Å². The Kier molecular flexibility index (Phi) is 3.09. The van der Waals surface area contributed by atoms with Gasteiger partial charge in [-0.05, 0) is 31.9 Å². The number of benzene rings is 1. The van der Waals surface area contributed by atoms with E-state index in [0.29, 0.717) is 12.2 Å². The Morgan fingerprint density at radius 1 is 1.12 bits per heavy atom. The van der Waals surface area contributed by atoms with E-state index in [9.17, 15) is 4.79 Å². The molecule has 16 heavy (non-hydrogen) atoms. The predicted molar refractivity (Wildman–Crippen MR) is 66.4 cm³/mol. The van der Waals surface area contributed by atoms with E-state index in [-0.39, 0.29) is 0 Å². The lowest BCUT2D eigenvalue weighted by molar-refractivity contribution is -0.116. The molecule has 0 unspecified atom stereocenters. The molecule has 2 nitrogen and oxygen atoms in total. The first-order valence-corrected chi connectivity index (χ1v) is 5.72. The van der Waals surface area contributed by atoms with E-state index in [1.807, 2.05) is 32.2 Å². The number of ketones is 1. The van der Waals surface area contributed by atoms with Crippen LogP contribution < -0.4 is 4.90 Å². The van der Waals surface area contributed by atoms with Gasteiger partial charge in [-0.25, -0.2) is 0 Å². The van der Waals surface area contributed by atoms with E-state index in [0.717, 1.165) is 24.1 Å². The van der Waals surface area contributed by atoms with Crippen LogP contribution in [0.2, 0.25) is 0 Å². The van der Waals surface area contributed by atoms with Crippen LogP contribution in [0.25, 0.3) is 0 Å². The number of para-hydroxylation sites is 1. The highest BCUT2D eigenvalue weighted by Gasteiger charge is 2.19. The summed E-state index contributed by atoms with van der Waals surface area (Å²) in [6.07, 6.45) is 2.68. The van der Waals surface area contributed by atoms with Crippen molar-refractivity contribution < 1.29 is 4.79 Å². The molecule has 0 amide bonds. The van der Waals surface area contributed by atoms with Gasteiger partial charge in [-0.15, -0.1) is 0 Å². The highest BCUT2D eigenvalue weighted by Crippen LogP contribution is 2.27. The van der Waals surface area contributed by atoms with Crippen LogP contribution in [-0.4, -0.2) is 12.8 Å². The molecule has 0 atom stereocenters. The maximum absolute atomic E-state index is 11.7. The molecule has 0 N–H and O–H groups in total. The first-order chi connectivity index (χ1) is 7.70. The Labute approximate surface area is 96.6 Å². The third kappa shape index (κ3) is 2.01. The molecule has 0 bridgehead atoms. The molecule has 1 aromatic carbocycles. The molecular formula is C14H17NO. The van der Waals surface area contributed by atoms with Crippen LogP contribution in [0.4, 0.5) is 5.69 Å². The minimum atomic E-state index is 0.295. The molecule has 0 radical (unpaired) electrons. The zero-order valence-corrected chi connectivity index (χ0v) is 9.86. The number of anilines is 1. The molecule has 0 spiro atoms. The summed E-state index contributed by atoms with van der Waals surface area (Å²) < 4.78 is 0. The van der Waals surface area contributed by atoms with E-state index >= 15 is 0 Å². The lowest BCUT2D eigenvalue weighted by Crippen LogP contribution is -2.23. The molecule has 1 aliphatic carbocycles. The molecule has 1 aliphatic rings. The second kappa shape index (κ2) is 4.52. The third-order valence-corrected chi connectivity index (χ3v) is 3.22. The number of Topliss-reactive ketones (excluding diaryl/α,β-unsaturated/α-hetero) is 1. The fourth-order valence-corrected chi connectivity index (χ4v) is 2.18. The number of carbonyl (C=O) groups is 1. The van der Waals surface area contributed by atoms with Crippen molar-refractivity contribution in [3.05, 3.63) is 41.6 Å². The van der Waals surface area contributed by atoms with Crippen molar-refractivity contribution in [2.24, 2.45) is 0 Å². The zero-order chi connectivity index (χ0) is 11.5. The first kappa shape index (κ1) is 10.9. The van der Waals surface area contributed by atoms with Gasteiger partial charge in [0.1, 0.15) is 0 Å². The molecule has 0 heterocycles. The largest absolute Gasteiger partial charge is 0.348 e. The van der Waals surface area contributed by atoms with E-state index in [1.165, 1.54) is 5.70 Å². The van der Waals surface area contributed by atoms with Gasteiger partial charge in [0.2, 0.25) is 0 Å². The normalized spacial score (nSPS) is 16.5. The standard InChI is InChI=1S/C14H17NO/c1-11-13(9-6-10-14(11)16)15(2)12-7-4-3-5-8-12/h3-5,7-8H,6,9-10H2,1-2H3. The second-order valence-electron chi connectivity index (χ2n) is 4.24. The molecule has 1 aromatic rings. The fraction of sp³-hybridized carbons (Fsp3) is 0.357. The van der Waals surface area contributed by atoms with Crippen molar-refractivity contribution in [2.45, 2.75) is 26.2 Å². The average molecular weight is 215 g/mol. The summed E-state index contributed by atoms with van der Waals surface area (Å²) in [6, 6.07) is 10.2. The van der Waals surface area contributed by atoms with Crippen molar-refractivity contribution >= 4 is 11.5 Å². The zero-order valence-electron chi connectivity index (χ0n) is 9.86. The Bertz CT molecular complexity index is 420. The van der Waals surface area contributed by atoms with Gasteiger partial charge in [0, 0.05) is 30.4 Å². The van der Waals surface area contributed by atoms with E-state index in [4.69, 9.17) is 0 Å². The first-order valence-electron chi connectivity index (χ1n) is 5.72. The highest BCUT2D eigenvalue weighted by molar-refractivity contribution is 5.96. The third-order valence-electron chi connectivity index (χ3n) is 3.22. The minimum Gasteiger partial charge on any atom is -0.348 e. The van der Waals surface area contributed by atoms with E-state index in [1.54, 1.807) is 0 Å². The van der Waals surface area contributed by atoms with E-state index < -0.39 is 0 Å². The maximum atomic E-state index is 11.7. The number of rotatable bonds is 2. The summed E-state index contributed by atoms with van der Waals surface area (Å²) in [5.41, 5.74) is 3.24. The van der Waals surface area contributed by atoms with Crippen LogP contribution in [0, 0.1) is 0 Å². The molecule has 0 saturated carbocycles. The number of allylic oxidation sites excluding steroid dienone is 2. The predicted octanol–water partition coefficient (Wildman–Crippen LogP) is 3.15. The molecule has 2 rings (SSSR count). The van der Waals surface area contributed by atoms with Crippen molar-refractivity contribution in [1.29, 1.82) is 0 Å². The highest BCUT2D eigenvalue weighted by atomic mass is 16.1. The van der Waals surface area contributed by atoms with Gasteiger partial charge < -0.3 is 4.90 Å². The second-order valence-corrected chi connectivity index (χ2v) is 4.24. The van der Waals surface area contributed by atoms with Crippen LogP contribution in [0.15, 0.2) is 41.6 Å². The van der Waals surface area contributed by atoms with Gasteiger partial charge in [0.05, 0.1) is 0 Å². The van der Waals surface area contributed by atoms with Crippen molar-refractivity contribution in [2.75, 3.05) is 11.9 Å². The summed E-state index contributed by atoms with van der Waals surface area (Å²) in [5.74, 6) is 0.295. The lowest BCUT2D eigenvalue weighted by atomic mass is 9.95. The van der Waals surface area contributed by atoms with Gasteiger partial charge in [0.25, 0.3) is 0 Å². The van der Waals surface area contributed by atoms with Gasteiger partial charge >= 0.3 is 0 Å². The van der Waals surface area contributed by atoms with Crippen LogP contribution in [-0.2, 0) is 4.79 Å². The molecule has 0 aliphatic heterocycles. The van der Waals surface area contributed by atoms with Crippen LogP contribution in [0.5, 0.6) is 0 Å². The Balaban J connectivity index is 2.32. The Hall–Kier alpha value is -1.57. The molecular weight excluding hydrogens is 198 g/mol. The molecule has 0 fully saturated rings. The summed E-state index contributed by atoms with van der Waals surface area (Å²) in [6.45, 7) is 1.94. The minimum absolute atomic E-state index is 0.295. The molecule has 84 valence electrons. The molecule has 0 saturated heterocycles. The maximum Gasteiger partial charge on any atom is 0.160 e. The number of hydrogen-bond donors (Lipinski definition) is 0.